The minimum atomic E-state index is -4.05. The maximum atomic E-state index is 12.7. The van der Waals surface area contributed by atoms with Gasteiger partial charge >= 0.3 is 5.97 Å². The van der Waals surface area contributed by atoms with Crippen molar-refractivity contribution < 1.29 is 17.9 Å². The second-order valence-corrected chi connectivity index (χ2v) is 7.09. The highest BCUT2D eigenvalue weighted by Crippen LogP contribution is 2.26. The monoisotopic (exact) mass is 356 g/mol. The van der Waals surface area contributed by atoms with Crippen LogP contribution >= 0.6 is 11.6 Å². The molecule has 0 radical (unpaired) electrons. The smallest absolute Gasteiger partial charge is 0.356 e. The molecule has 0 atom stereocenters. The van der Waals surface area contributed by atoms with Crippen LogP contribution in [0.3, 0.4) is 0 Å². The van der Waals surface area contributed by atoms with E-state index in [9.17, 15) is 13.2 Å². The average molecular weight is 357 g/mol. The molecule has 0 aliphatic carbocycles. The molecule has 0 aliphatic heterocycles. The molecule has 0 fully saturated rings. The second-order valence-electron chi connectivity index (χ2n) is 4.87. The molecule has 0 unspecified atom stereocenters. The Morgan fingerprint density at radius 2 is 2.09 bits per heavy atom. The summed E-state index contributed by atoms with van der Waals surface area (Å²) in [6.07, 6.45) is 2.85. The molecule has 0 saturated carbocycles. The Balaban J connectivity index is 2.40. The number of unbranched alkanes of at least 4 members (excludes halogenated alkanes) is 1. The highest BCUT2D eigenvalue weighted by molar-refractivity contribution is 7.90. The third kappa shape index (κ3) is 3.68. The number of hydrogen-bond acceptors (Lipinski definition) is 5. The van der Waals surface area contributed by atoms with Crippen LogP contribution in [0.15, 0.2) is 41.4 Å². The van der Waals surface area contributed by atoms with Crippen LogP contribution in [0.1, 0.15) is 30.3 Å². The summed E-state index contributed by atoms with van der Waals surface area (Å²) in [6, 6.07) is 6.98. The number of nitrogens with two attached hydrogens (primary N) is 1. The van der Waals surface area contributed by atoms with E-state index in [0.29, 0.717) is 6.42 Å². The maximum absolute atomic E-state index is 12.7. The Labute approximate surface area is 139 Å². The van der Waals surface area contributed by atoms with Crippen molar-refractivity contribution in [3.05, 3.63) is 47.2 Å². The largest absolute Gasteiger partial charge is 0.461 e. The molecule has 23 heavy (non-hydrogen) atoms. The first kappa shape index (κ1) is 17.4. The summed E-state index contributed by atoms with van der Waals surface area (Å²) >= 11 is 5.85. The van der Waals surface area contributed by atoms with Crippen molar-refractivity contribution >= 4 is 33.3 Å². The fraction of sp³-hybridized carbons (Fsp3) is 0.267. The number of hydrogen-bond donors (Lipinski definition) is 1. The zero-order valence-electron chi connectivity index (χ0n) is 12.5. The zero-order chi connectivity index (χ0) is 17.0. The van der Waals surface area contributed by atoms with Gasteiger partial charge in [0.05, 0.1) is 12.3 Å². The lowest BCUT2D eigenvalue weighted by Crippen LogP contribution is -2.20. The first-order valence-corrected chi connectivity index (χ1v) is 8.84. The van der Waals surface area contributed by atoms with Gasteiger partial charge in [-0.2, -0.15) is 0 Å². The van der Waals surface area contributed by atoms with Crippen LogP contribution in [-0.4, -0.2) is 25.0 Å². The molecule has 124 valence electrons. The van der Waals surface area contributed by atoms with Gasteiger partial charge in [-0.15, -0.1) is 0 Å². The first-order valence-electron chi connectivity index (χ1n) is 7.03. The van der Waals surface area contributed by atoms with Gasteiger partial charge in [0.15, 0.2) is 0 Å². The van der Waals surface area contributed by atoms with Crippen molar-refractivity contribution in [2.45, 2.75) is 24.7 Å². The Bertz CT molecular complexity index is 815. The third-order valence-corrected chi connectivity index (χ3v) is 5.15. The number of nitrogen functional groups attached to an aromatic ring is 1. The fourth-order valence-corrected chi connectivity index (χ4v) is 3.67. The van der Waals surface area contributed by atoms with Gasteiger partial charge in [0.25, 0.3) is 10.0 Å². The lowest BCUT2D eigenvalue weighted by atomic mass is 10.3. The van der Waals surface area contributed by atoms with Gasteiger partial charge in [0.1, 0.15) is 10.6 Å². The molecule has 0 spiro atoms. The number of carbonyl (C=O) groups is 1. The molecule has 0 amide bonds. The van der Waals surface area contributed by atoms with E-state index in [1.165, 1.54) is 36.5 Å². The fourth-order valence-electron chi connectivity index (χ4n) is 1.95. The first-order chi connectivity index (χ1) is 10.9. The summed E-state index contributed by atoms with van der Waals surface area (Å²) in [4.78, 5) is 11.9. The number of esters is 1. The van der Waals surface area contributed by atoms with Crippen LogP contribution in [0.4, 0.5) is 5.69 Å². The quantitative estimate of drug-likeness (QED) is 0.488. The van der Waals surface area contributed by atoms with Crippen LogP contribution in [0.2, 0.25) is 5.02 Å². The summed E-state index contributed by atoms with van der Waals surface area (Å²) in [5.74, 6) is -0.701. The lowest BCUT2D eigenvalue weighted by Gasteiger charge is -2.12. The minimum absolute atomic E-state index is 0.0494. The molecule has 0 bridgehead atoms. The second kappa shape index (κ2) is 7.06. The highest BCUT2D eigenvalue weighted by atomic mass is 35.5. The topological polar surface area (TPSA) is 91.4 Å². The number of halogens is 1. The number of benzene rings is 1. The Morgan fingerprint density at radius 3 is 2.78 bits per heavy atom. The van der Waals surface area contributed by atoms with Gasteiger partial charge in [0, 0.05) is 11.2 Å². The van der Waals surface area contributed by atoms with Gasteiger partial charge < -0.3 is 10.5 Å². The molecule has 2 rings (SSSR count). The molecule has 1 aromatic heterocycles. The van der Waals surface area contributed by atoms with Crippen LogP contribution in [-0.2, 0) is 14.8 Å². The molecular weight excluding hydrogens is 340 g/mol. The highest BCUT2D eigenvalue weighted by Gasteiger charge is 2.25. The van der Waals surface area contributed by atoms with Crippen LogP contribution in [0.25, 0.3) is 0 Å². The van der Waals surface area contributed by atoms with E-state index < -0.39 is 16.0 Å². The summed E-state index contributed by atoms with van der Waals surface area (Å²) < 4.78 is 31.4. The molecule has 2 aromatic rings. The van der Waals surface area contributed by atoms with E-state index in [4.69, 9.17) is 22.1 Å². The molecule has 0 saturated heterocycles. The predicted molar refractivity (Wildman–Crippen MR) is 88.1 cm³/mol. The van der Waals surface area contributed by atoms with Gasteiger partial charge in [-0.25, -0.2) is 17.2 Å². The summed E-state index contributed by atoms with van der Waals surface area (Å²) in [5, 5.41) is 0.233. The van der Waals surface area contributed by atoms with Gasteiger partial charge in [0.2, 0.25) is 0 Å². The van der Waals surface area contributed by atoms with E-state index in [0.717, 1.165) is 10.4 Å². The van der Waals surface area contributed by atoms with Gasteiger partial charge in [-0.05, 0) is 36.8 Å². The van der Waals surface area contributed by atoms with E-state index >= 15 is 0 Å². The molecule has 1 heterocycles. The summed E-state index contributed by atoms with van der Waals surface area (Å²) in [6.45, 7) is 2.20. The van der Waals surface area contributed by atoms with Crippen LogP contribution in [0, 0.1) is 0 Å². The number of carbonyl (C=O) groups excluding carboxylic acids is 1. The van der Waals surface area contributed by atoms with Crippen molar-refractivity contribution in [1.82, 2.24) is 3.97 Å². The number of aromatic nitrogens is 1. The molecule has 8 heteroatoms. The standard InChI is InChI=1S/C15H17ClN2O4S/c1-2-3-9-22-15(19)13-5-4-8-18(13)23(20,21)14-10-11(16)6-7-12(14)17/h4-8,10H,2-3,9,17H2,1H3. The van der Waals surface area contributed by atoms with Crippen molar-refractivity contribution in [2.24, 2.45) is 0 Å². The van der Waals surface area contributed by atoms with E-state index in [1.54, 1.807) is 0 Å². The SMILES string of the molecule is CCCCOC(=O)c1cccn1S(=O)(=O)c1cc(Cl)ccc1N. The van der Waals surface area contributed by atoms with Crippen LogP contribution < -0.4 is 5.73 Å². The Hall–Kier alpha value is -1.99. The van der Waals surface area contributed by atoms with E-state index in [1.807, 2.05) is 6.92 Å². The number of ether oxygens (including phenoxy) is 1. The third-order valence-electron chi connectivity index (χ3n) is 3.17. The normalized spacial score (nSPS) is 11.4. The van der Waals surface area contributed by atoms with E-state index in [-0.39, 0.29) is 27.9 Å². The molecule has 1 aromatic carbocycles. The Morgan fingerprint density at radius 1 is 1.35 bits per heavy atom. The van der Waals surface area contributed by atoms with Gasteiger partial charge in [-0.1, -0.05) is 24.9 Å². The van der Waals surface area contributed by atoms with E-state index in [2.05, 4.69) is 0 Å². The van der Waals surface area contributed by atoms with Crippen molar-refractivity contribution in [3.8, 4) is 0 Å². The van der Waals surface area contributed by atoms with Crippen molar-refractivity contribution in [1.29, 1.82) is 0 Å². The number of anilines is 1. The molecule has 6 nitrogen and oxygen atoms in total. The minimum Gasteiger partial charge on any atom is -0.461 e. The molecule has 0 aliphatic rings. The van der Waals surface area contributed by atoms with Gasteiger partial charge in [-0.3, -0.25) is 0 Å². The average Bonchev–Trinajstić information content (AvgIpc) is 3.00. The Kier molecular flexibility index (Phi) is 5.33. The summed E-state index contributed by atoms with van der Waals surface area (Å²) in [7, 11) is -4.05. The lowest BCUT2D eigenvalue weighted by molar-refractivity contribution is 0.0491. The predicted octanol–water partition coefficient (Wildman–Crippen LogP) is 2.92. The molecular formula is C15H17ClN2O4S. The van der Waals surface area contributed by atoms with Crippen molar-refractivity contribution in [2.75, 3.05) is 12.3 Å². The number of nitrogens with zero attached hydrogens (tertiary/aromatic N) is 1. The zero-order valence-corrected chi connectivity index (χ0v) is 14.1. The molecule has 2 N–H and O–H groups in total. The summed E-state index contributed by atoms with van der Waals surface area (Å²) in [5.41, 5.74) is 5.71. The maximum Gasteiger partial charge on any atom is 0.356 e. The number of rotatable bonds is 6. The van der Waals surface area contributed by atoms with Crippen LogP contribution in [0.5, 0.6) is 0 Å². The van der Waals surface area contributed by atoms with Crippen molar-refractivity contribution in [3.63, 3.8) is 0 Å².